The van der Waals surface area contributed by atoms with Crippen LogP contribution in [-0.4, -0.2) is 30.8 Å². The highest BCUT2D eigenvalue weighted by Gasteiger charge is 2.35. The molecular formula is C16H16F3NO4. The molecule has 1 aliphatic rings. The zero-order chi connectivity index (χ0) is 17.9. The zero-order valence-corrected chi connectivity index (χ0v) is 12.9. The van der Waals surface area contributed by atoms with Crippen LogP contribution < -0.4 is 5.32 Å². The summed E-state index contributed by atoms with van der Waals surface area (Å²) in [4.78, 5) is 35.6. The number of hydrogen-bond donors (Lipinski definition) is 1. The van der Waals surface area contributed by atoms with Crippen molar-refractivity contribution in [3.8, 4) is 0 Å². The number of methoxy groups -OCH3 is 1. The Morgan fingerprint density at radius 3 is 2.42 bits per heavy atom. The van der Waals surface area contributed by atoms with Gasteiger partial charge in [0, 0.05) is 25.0 Å². The van der Waals surface area contributed by atoms with E-state index >= 15 is 0 Å². The van der Waals surface area contributed by atoms with Crippen molar-refractivity contribution in [2.45, 2.75) is 31.7 Å². The zero-order valence-electron chi connectivity index (χ0n) is 12.9. The van der Waals surface area contributed by atoms with Crippen molar-refractivity contribution < 1.29 is 32.3 Å². The van der Waals surface area contributed by atoms with Gasteiger partial charge in [0.1, 0.15) is 34.8 Å². The number of amides is 1. The molecule has 1 N–H and O–H groups in total. The number of hydrogen-bond acceptors (Lipinski definition) is 4. The van der Waals surface area contributed by atoms with E-state index in [9.17, 15) is 27.6 Å². The van der Waals surface area contributed by atoms with Gasteiger partial charge in [-0.1, -0.05) is 0 Å². The van der Waals surface area contributed by atoms with Crippen LogP contribution in [0.4, 0.5) is 13.2 Å². The third-order valence-electron chi connectivity index (χ3n) is 3.97. The molecule has 2 atom stereocenters. The Kier molecular flexibility index (Phi) is 5.58. The number of esters is 1. The standard InChI is InChI=1S/C16H16F3NO4/c1-24-16(23)14(8-3-2-4-10(21)5-8)20-15(22)13-11(18)6-9(17)7-12(13)19/h6-8,14H,2-5H2,1H3,(H,20,22)/t8-,14-/m1/s1. The molecule has 24 heavy (non-hydrogen) atoms. The van der Waals surface area contributed by atoms with Gasteiger partial charge in [-0.25, -0.2) is 18.0 Å². The van der Waals surface area contributed by atoms with Crippen LogP contribution in [0, 0.1) is 23.4 Å². The van der Waals surface area contributed by atoms with Gasteiger partial charge in [-0.05, 0) is 18.8 Å². The Balaban J connectivity index is 2.25. The monoisotopic (exact) mass is 343 g/mol. The lowest BCUT2D eigenvalue weighted by Crippen LogP contribution is -2.48. The van der Waals surface area contributed by atoms with Gasteiger partial charge >= 0.3 is 5.97 Å². The summed E-state index contributed by atoms with van der Waals surface area (Å²) < 4.78 is 44.9. The molecule has 0 spiro atoms. The van der Waals surface area contributed by atoms with Crippen molar-refractivity contribution in [3.05, 3.63) is 35.1 Å². The predicted octanol–water partition coefficient (Wildman–Crippen LogP) is 2.13. The summed E-state index contributed by atoms with van der Waals surface area (Å²) in [6.07, 6.45) is 1.49. The number of ether oxygens (including phenoxy) is 1. The molecule has 0 heterocycles. The topological polar surface area (TPSA) is 72.5 Å². The Morgan fingerprint density at radius 2 is 1.88 bits per heavy atom. The van der Waals surface area contributed by atoms with E-state index in [0.717, 1.165) is 7.11 Å². The van der Waals surface area contributed by atoms with Crippen molar-refractivity contribution in [3.63, 3.8) is 0 Å². The van der Waals surface area contributed by atoms with E-state index in [1.165, 1.54) is 0 Å². The van der Waals surface area contributed by atoms with Crippen LogP contribution in [0.25, 0.3) is 0 Å². The Hall–Kier alpha value is -2.38. The fraction of sp³-hybridized carbons (Fsp3) is 0.438. The second-order valence-corrected chi connectivity index (χ2v) is 5.61. The first-order valence-electron chi connectivity index (χ1n) is 7.38. The summed E-state index contributed by atoms with van der Waals surface area (Å²) in [6, 6.07) is -0.472. The first-order chi connectivity index (χ1) is 11.3. The SMILES string of the molecule is COC(=O)[C@H](NC(=O)c1c(F)cc(F)cc1F)[C@@H]1CCCC(=O)C1. The van der Waals surface area contributed by atoms with Crippen LogP contribution in [0.2, 0.25) is 0 Å². The van der Waals surface area contributed by atoms with Crippen LogP contribution in [0.5, 0.6) is 0 Å². The maximum absolute atomic E-state index is 13.7. The minimum atomic E-state index is -1.38. The largest absolute Gasteiger partial charge is 0.467 e. The summed E-state index contributed by atoms with van der Waals surface area (Å²) in [5, 5.41) is 2.21. The maximum atomic E-state index is 13.7. The Morgan fingerprint density at radius 1 is 1.25 bits per heavy atom. The molecule has 8 heteroatoms. The maximum Gasteiger partial charge on any atom is 0.328 e. The molecule has 2 rings (SSSR count). The molecule has 0 aromatic heterocycles. The lowest BCUT2D eigenvalue weighted by Gasteiger charge is -2.28. The Bertz CT molecular complexity index is 654. The lowest BCUT2D eigenvalue weighted by molar-refractivity contribution is -0.145. The molecule has 1 aromatic carbocycles. The minimum absolute atomic E-state index is 0.0615. The molecule has 1 aromatic rings. The quantitative estimate of drug-likeness (QED) is 0.850. The van der Waals surface area contributed by atoms with E-state index in [0.29, 0.717) is 31.4 Å². The highest BCUT2D eigenvalue weighted by atomic mass is 19.1. The van der Waals surface area contributed by atoms with E-state index in [1.54, 1.807) is 0 Å². The smallest absolute Gasteiger partial charge is 0.328 e. The number of benzene rings is 1. The van der Waals surface area contributed by atoms with E-state index in [2.05, 4.69) is 10.1 Å². The molecule has 5 nitrogen and oxygen atoms in total. The fourth-order valence-electron chi connectivity index (χ4n) is 2.81. The Labute approximate surface area is 136 Å². The van der Waals surface area contributed by atoms with E-state index in [-0.39, 0.29) is 12.2 Å². The van der Waals surface area contributed by atoms with Gasteiger partial charge in [0.25, 0.3) is 5.91 Å². The first-order valence-corrected chi connectivity index (χ1v) is 7.38. The second-order valence-electron chi connectivity index (χ2n) is 5.61. The molecule has 0 bridgehead atoms. The number of carbonyl (C=O) groups is 3. The van der Waals surface area contributed by atoms with Gasteiger partial charge < -0.3 is 10.1 Å². The average molecular weight is 343 g/mol. The van der Waals surface area contributed by atoms with Gasteiger partial charge in [-0.3, -0.25) is 9.59 Å². The molecule has 0 radical (unpaired) electrons. The fourth-order valence-corrected chi connectivity index (χ4v) is 2.81. The number of carbonyl (C=O) groups excluding carboxylic acids is 3. The van der Waals surface area contributed by atoms with Gasteiger partial charge in [0.2, 0.25) is 0 Å². The van der Waals surface area contributed by atoms with Crippen molar-refractivity contribution in [1.82, 2.24) is 5.32 Å². The summed E-state index contributed by atoms with van der Waals surface area (Å²) in [5.74, 6) is -6.53. The molecular weight excluding hydrogens is 327 g/mol. The molecule has 1 saturated carbocycles. The average Bonchev–Trinajstić information content (AvgIpc) is 2.50. The van der Waals surface area contributed by atoms with Gasteiger partial charge in [-0.15, -0.1) is 0 Å². The van der Waals surface area contributed by atoms with E-state index in [1.807, 2.05) is 0 Å². The third-order valence-corrected chi connectivity index (χ3v) is 3.97. The molecule has 0 saturated heterocycles. The summed E-state index contributed by atoms with van der Waals surface area (Å²) >= 11 is 0. The van der Waals surface area contributed by atoms with Crippen molar-refractivity contribution >= 4 is 17.7 Å². The number of Topliss-reactive ketones (excluding diaryl/α,β-unsaturated/α-hetero) is 1. The van der Waals surface area contributed by atoms with Crippen LogP contribution in [0.1, 0.15) is 36.0 Å². The lowest BCUT2D eigenvalue weighted by atomic mass is 9.83. The number of nitrogens with one attached hydrogen (secondary N) is 1. The van der Waals surface area contributed by atoms with Crippen LogP contribution in [-0.2, 0) is 14.3 Å². The van der Waals surface area contributed by atoms with Crippen molar-refractivity contribution in [2.75, 3.05) is 7.11 Å². The van der Waals surface area contributed by atoms with Crippen molar-refractivity contribution in [1.29, 1.82) is 0 Å². The number of halogens is 3. The minimum Gasteiger partial charge on any atom is -0.467 e. The molecule has 1 aliphatic carbocycles. The normalized spacial score (nSPS) is 18.8. The molecule has 1 amide bonds. The first kappa shape index (κ1) is 18.0. The van der Waals surface area contributed by atoms with Crippen LogP contribution in [0.3, 0.4) is 0 Å². The highest BCUT2D eigenvalue weighted by molar-refractivity contribution is 5.97. The summed E-state index contributed by atoms with van der Waals surface area (Å²) in [7, 11) is 1.10. The van der Waals surface area contributed by atoms with Gasteiger partial charge in [-0.2, -0.15) is 0 Å². The van der Waals surface area contributed by atoms with Crippen LogP contribution in [0.15, 0.2) is 12.1 Å². The summed E-state index contributed by atoms with van der Waals surface area (Å²) in [6.45, 7) is 0. The molecule has 0 aliphatic heterocycles. The van der Waals surface area contributed by atoms with Gasteiger partial charge in [0.05, 0.1) is 7.11 Å². The predicted molar refractivity (Wildman–Crippen MR) is 76.6 cm³/mol. The van der Waals surface area contributed by atoms with E-state index < -0.39 is 46.9 Å². The van der Waals surface area contributed by atoms with E-state index in [4.69, 9.17) is 0 Å². The summed E-state index contributed by atoms with van der Waals surface area (Å²) in [5.41, 5.74) is -0.993. The third kappa shape index (κ3) is 3.93. The molecule has 130 valence electrons. The second kappa shape index (κ2) is 7.46. The van der Waals surface area contributed by atoms with Crippen molar-refractivity contribution in [2.24, 2.45) is 5.92 Å². The molecule has 1 fully saturated rings. The highest BCUT2D eigenvalue weighted by Crippen LogP contribution is 2.25. The van der Waals surface area contributed by atoms with Crippen LogP contribution >= 0.6 is 0 Å². The number of rotatable bonds is 4. The number of ketones is 1. The molecule has 0 unspecified atom stereocenters. The van der Waals surface area contributed by atoms with Gasteiger partial charge in [0.15, 0.2) is 0 Å².